The van der Waals surface area contributed by atoms with Crippen molar-refractivity contribution in [2.24, 2.45) is 5.92 Å². The number of ether oxygens (including phenoxy) is 2. The molecule has 1 aliphatic rings. The summed E-state index contributed by atoms with van der Waals surface area (Å²) in [5.41, 5.74) is 0.864. The van der Waals surface area contributed by atoms with E-state index in [1.807, 2.05) is 19.9 Å². The molecule has 0 amide bonds. The van der Waals surface area contributed by atoms with E-state index in [4.69, 9.17) is 9.47 Å². The van der Waals surface area contributed by atoms with Crippen LogP contribution in [-0.2, 0) is 0 Å². The minimum absolute atomic E-state index is 0.417. The Morgan fingerprint density at radius 3 is 3.00 bits per heavy atom. The Bertz CT molecular complexity index is 365. The van der Waals surface area contributed by atoms with Crippen molar-refractivity contribution in [3.63, 3.8) is 0 Å². The van der Waals surface area contributed by atoms with E-state index < -0.39 is 0 Å². The first kappa shape index (κ1) is 12.1. The first-order valence-electron chi connectivity index (χ1n) is 6.10. The molecular formula is C12H19N3O2. The normalized spacial score (nSPS) is 19.3. The topological polar surface area (TPSA) is 56.3 Å². The van der Waals surface area contributed by atoms with Crippen LogP contribution in [0.4, 0.5) is 0 Å². The predicted molar refractivity (Wildman–Crippen MR) is 64.4 cm³/mol. The van der Waals surface area contributed by atoms with Gasteiger partial charge < -0.3 is 14.8 Å². The Hall–Kier alpha value is -1.36. The fraction of sp³-hybridized carbons (Fsp3) is 0.667. The van der Waals surface area contributed by atoms with Crippen LogP contribution in [0.3, 0.4) is 0 Å². The summed E-state index contributed by atoms with van der Waals surface area (Å²) in [5, 5.41) is 3.31. The summed E-state index contributed by atoms with van der Waals surface area (Å²) < 4.78 is 11.0. The smallest absolute Gasteiger partial charge is 0.319 e. The van der Waals surface area contributed by atoms with Gasteiger partial charge in [0.05, 0.1) is 13.2 Å². The molecular weight excluding hydrogens is 218 g/mol. The minimum Gasteiger partial charge on any atom is -0.478 e. The molecule has 1 aromatic rings. The summed E-state index contributed by atoms with van der Waals surface area (Å²) in [6, 6.07) is 2.23. The van der Waals surface area contributed by atoms with Crippen LogP contribution in [-0.4, -0.2) is 36.3 Å². The summed E-state index contributed by atoms with van der Waals surface area (Å²) in [6.45, 7) is 7.21. The quantitative estimate of drug-likeness (QED) is 0.833. The molecule has 2 heterocycles. The third-order valence-electron chi connectivity index (χ3n) is 2.71. The van der Waals surface area contributed by atoms with Crippen LogP contribution in [0.15, 0.2) is 6.07 Å². The van der Waals surface area contributed by atoms with Crippen molar-refractivity contribution in [1.82, 2.24) is 15.3 Å². The lowest BCUT2D eigenvalue weighted by Crippen LogP contribution is -2.16. The monoisotopic (exact) mass is 237 g/mol. The molecule has 0 bridgehead atoms. The molecule has 0 radical (unpaired) electrons. The maximum atomic E-state index is 5.62. The van der Waals surface area contributed by atoms with Crippen LogP contribution < -0.4 is 14.8 Å². The van der Waals surface area contributed by atoms with Crippen molar-refractivity contribution in [3.05, 3.63) is 11.8 Å². The molecule has 1 aromatic heterocycles. The Morgan fingerprint density at radius 2 is 2.29 bits per heavy atom. The SMILES string of the molecule is CCOc1cc(C)nc(OCC2CCNC2)n1. The first-order chi connectivity index (χ1) is 8.28. The average Bonchev–Trinajstić information content (AvgIpc) is 2.79. The molecule has 0 saturated carbocycles. The fourth-order valence-corrected chi connectivity index (χ4v) is 1.85. The van der Waals surface area contributed by atoms with Crippen LogP contribution in [0.5, 0.6) is 11.9 Å². The first-order valence-corrected chi connectivity index (χ1v) is 6.10. The van der Waals surface area contributed by atoms with Gasteiger partial charge in [0.15, 0.2) is 0 Å². The summed E-state index contributed by atoms with van der Waals surface area (Å²) in [6.07, 6.45) is 1.16. The zero-order valence-electron chi connectivity index (χ0n) is 10.4. The number of rotatable bonds is 5. The van der Waals surface area contributed by atoms with Gasteiger partial charge in [-0.05, 0) is 26.8 Å². The lowest BCUT2D eigenvalue weighted by atomic mass is 10.1. The van der Waals surface area contributed by atoms with Gasteiger partial charge in [-0.25, -0.2) is 4.98 Å². The molecule has 1 fully saturated rings. The predicted octanol–water partition coefficient (Wildman–Crippen LogP) is 1.17. The highest BCUT2D eigenvalue weighted by Crippen LogP contribution is 2.15. The summed E-state index contributed by atoms with van der Waals surface area (Å²) in [4.78, 5) is 8.45. The van der Waals surface area contributed by atoms with E-state index in [2.05, 4.69) is 15.3 Å². The third-order valence-corrected chi connectivity index (χ3v) is 2.71. The number of hydrogen-bond donors (Lipinski definition) is 1. The van der Waals surface area contributed by atoms with Gasteiger partial charge in [0.1, 0.15) is 0 Å². The Kier molecular flexibility index (Phi) is 4.14. The van der Waals surface area contributed by atoms with Crippen molar-refractivity contribution in [2.45, 2.75) is 20.3 Å². The Balaban J connectivity index is 1.94. The number of aromatic nitrogens is 2. The minimum atomic E-state index is 0.417. The van der Waals surface area contributed by atoms with Crippen molar-refractivity contribution in [2.75, 3.05) is 26.3 Å². The van der Waals surface area contributed by atoms with Gasteiger partial charge >= 0.3 is 6.01 Å². The summed E-state index contributed by atoms with van der Waals surface area (Å²) >= 11 is 0. The van der Waals surface area contributed by atoms with Crippen LogP contribution in [0.1, 0.15) is 19.0 Å². The van der Waals surface area contributed by atoms with Crippen LogP contribution in [0, 0.1) is 12.8 Å². The van der Waals surface area contributed by atoms with Gasteiger partial charge in [0.2, 0.25) is 5.88 Å². The average molecular weight is 237 g/mol. The molecule has 0 spiro atoms. The molecule has 2 rings (SSSR count). The van der Waals surface area contributed by atoms with E-state index in [1.165, 1.54) is 0 Å². The van der Waals surface area contributed by atoms with E-state index in [-0.39, 0.29) is 0 Å². The highest BCUT2D eigenvalue weighted by molar-refractivity contribution is 5.17. The maximum absolute atomic E-state index is 5.62. The van der Waals surface area contributed by atoms with E-state index in [9.17, 15) is 0 Å². The summed E-state index contributed by atoms with van der Waals surface area (Å²) in [7, 11) is 0. The fourth-order valence-electron chi connectivity index (χ4n) is 1.85. The molecule has 1 atom stereocenters. The molecule has 5 heteroatoms. The second-order valence-corrected chi connectivity index (χ2v) is 4.23. The van der Waals surface area contributed by atoms with E-state index in [0.717, 1.165) is 25.2 Å². The number of aryl methyl sites for hydroxylation is 1. The Morgan fingerprint density at radius 1 is 1.41 bits per heavy atom. The van der Waals surface area contributed by atoms with Gasteiger partial charge in [0.25, 0.3) is 0 Å². The highest BCUT2D eigenvalue weighted by atomic mass is 16.5. The van der Waals surface area contributed by atoms with E-state index >= 15 is 0 Å². The van der Waals surface area contributed by atoms with Crippen molar-refractivity contribution in [3.8, 4) is 11.9 Å². The standard InChI is InChI=1S/C12H19N3O2/c1-3-16-11-6-9(2)14-12(15-11)17-8-10-4-5-13-7-10/h6,10,13H,3-5,7-8H2,1-2H3. The van der Waals surface area contributed by atoms with Crippen molar-refractivity contribution in [1.29, 1.82) is 0 Å². The van der Waals surface area contributed by atoms with Crippen LogP contribution in [0.25, 0.3) is 0 Å². The van der Waals surface area contributed by atoms with Crippen LogP contribution in [0.2, 0.25) is 0 Å². The lowest BCUT2D eigenvalue weighted by Gasteiger charge is -2.10. The van der Waals surface area contributed by atoms with E-state index in [1.54, 1.807) is 0 Å². The van der Waals surface area contributed by atoms with Gasteiger partial charge in [0, 0.05) is 24.2 Å². The zero-order chi connectivity index (χ0) is 12.1. The van der Waals surface area contributed by atoms with Gasteiger partial charge in [-0.3, -0.25) is 0 Å². The molecule has 0 aromatic carbocycles. The third kappa shape index (κ3) is 3.56. The van der Waals surface area contributed by atoms with Gasteiger partial charge in [-0.2, -0.15) is 4.98 Å². The van der Waals surface area contributed by atoms with Crippen molar-refractivity contribution >= 4 is 0 Å². The molecule has 1 unspecified atom stereocenters. The lowest BCUT2D eigenvalue weighted by molar-refractivity contribution is 0.234. The molecule has 5 nitrogen and oxygen atoms in total. The highest BCUT2D eigenvalue weighted by Gasteiger charge is 2.15. The van der Waals surface area contributed by atoms with Crippen LogP contribution >= 0.6 is 0 Å². The zero-order valence-corrected chi connectivity index (χ0v) is 10.4. The Labute approximate surface area is 102 Å². The second kappa shape index (κ2) is 5.82. The molecule has 17 heavy (non-hydrogen) atoms. The molecule has 0 aliphatic carbocycles. The number of nitrogens with zero attached hydrogens (tertiary/aromatic N) is 2. The maximum Gasteiger partial charge on any atom is 0.319 e. The largest absolute Gasteiger partial charge is 0.478 e. The molecule has 94 valence electrons. The van der Waals surface area contributed by atoms with Crippen molar-refractivity contribution < 1.29 is 9.47 Å². The number of hydrogen-bond acceptors (Lipinski definition) is 5. The summed E-state index contributed by atoms with van der Waals surface area (Å²) in [5.74, 6) is 1.15. The van der Waals surface area contributed by atoms with Gasteiger partial charge in [-0.15, -0.1) is 0 Å². The molecule has 1 saturated heterocycles. The molecule has 1 aliphatic heterocycles. The molecule has 1 N–H and O–H groups in total. The van der Waals surface area contributed by atoms with Gasteiger partial charge in [-0.1, -0.05) is 0 Å². The number of nitrogens with one attached hydrogen (secondary N) is 1. The second-order valence-electron chi connectivity index (χ2n) is 4.23. The van der Waals surface area contributed by atoms with E-state index in [0.29, 0.717) is 31.0 Å².